The first-order chi connectivity index (χ1) is 12.5. The van der Waals surface area contributed by atoms with Crippen LogP contribution in [-0.2, 0) is 6.18 Å². The number of hydrogen-bond donors (Lipinski definition) is 1. The van der Waals surface area contributed by atoms with Crippen LogP contribution < -0.4 is 4.74 Å². The summed E-state index contributed by atoms with van der Waals surface area (Å²) in [6, 6.07) is 13.5. The number of aromatic nitrogens is 3. The number of para-hydroxylation sites is 1. The quantitative estimate of drug-likeness (QED) is 0.533. The van der Waals surface area contributed by atoms with Gasteiger partial charge in [0.1, 0.15) is 11.4 Å². The molecule has 0 atom stereocenters. The Morgan fingerprint density at radius 2 is 1.73 bits per heavy atom. The average molecular weight is 355 g/mol. The molecule has 0 fully saturated rings. The monoisotopic (exact) mass is 355 g/mol. The first-order valence-corrected chi connectivity index (χ1v) is 7.75. The number of fused-ring (bicyclic) bond motifs is 1. The van der Waals surface area contributed by atoms with E-state index in [1.54, 1.807) is 12.3 Å². The Labute approximate surface area is 146 Å². The topological polar surface area (TPSA) is 50.8 Å². The standard InChI is InChI=1S/C19H12F3N3O/c20-19(21,22)16-7-6-13(11-25-16)26-18-15(5-2-9-24-18)14-4-1-3-12-8-10-23-17(12)14/h1-11,23H. The van der Waals surface area contributed by atoms with E-state index >= 15 is 0 Å². The minimum absolute atomic E-state index is 0.177. The Morgan fingerprint density at radius 1 is 0.885 bits per heavy atom. The molecular weight excluding hydrogens is 343 g/mol. The number of halogens is 3. The Morgan fingerprint density at radius 3 is 2.50 bits per heavy atom. The van der Waals surface area contributed by atoms with Crippen molar-refractivity contribution < 1.29 is 17.9 Å². The van der Waals surface area contributed by atoms with E-state index in [1.165, 1.54) is 6.07 Å². The molecule has 1 N–H and O–H groups in total. The molecule has 0 unspecified atom stereocenters. The van der Waals surface area contributed by atoms with Crippen LogP contribution in [0.2, 0.25) is 0 Å². The predicted octanol–water partition coefficient (Wildman–Crippen LogP) is 5.44. The van der Waals surface area contributed by atoms with Crippen LogP contribution in [0.5, 0.6) is 11.6 Å². The van der Waals surface area contributed by atoms with Crippen LogP contribution in [0.3, 0.4) is 0 Å². The van der Waals surface area contributed by atoms with E-state index in [1.807, 2.05) is 36.5 Å². The van der Waals surface area contributed by atoms with Crippen molar-refractivity contribution in [3.05, 3.63) is 72.8 Å². The molecule has 26 heavy (non-hydrogen) atoms. The number of ether oxygens (including phenoxy) is 1. The summed E-state index contributed by atoms with van der Waals surface area (Å²) in [5.74, 6) is 0.466. The van der Waals surface area contributed by atoms with Crippen molar-refractivity contribution in [2.24, 2.45) is 0 Å². The molecular formula is C19H12F3N3O. The average Bonchev–Trinajstić information content (AvgIpc) is 3.11. The van der Waals surface area contributed by atoms with Gasteiger partial charge in [-0.15, -0.1) is 0 Å². The lowest BCUT2D eigenvalue weighted by molar-refractivity contribution is -0.141. The van der Waals surface area contributed by atoms with Crippen molar-refractivity contribution in [2.75, 3.05) is 0 Å². The van der Waals surface area contributed by atoms with Gasteiger partial charge in [-0.3, -0.25) is 0 Å². The summed E-state index contributed by atoms with van der Waals surface area (Å²) in [6.07, 6.45) is -0.0511. The first kappa shape index (κ1) is 16.1. The van der Waals surface area contributed by atoms with E-state index in [-0.39, 0.29) is 11.6 Å². The fourth-order valence-corrected chi connectivity index (χ4v) is 2.71. The highest BCUT2D eigenvalue weighted by Gasteiger charge is 2.32. The van der Waals surface area contributed by atoms with E-state index in [2.05, 4.69) is 15.0 Å². The summed E-state index contributed by atoms with van der Waals surface area (Å²) in [4.78, 5) is 10.8. The maximum absolute atomic E-state index is 12.6. The van der Waals surface area contributed by atoms with Crippen molar-refractivity contribution in [2.45, 2.75) is 6.18 Å². The molecule has 7 heteroatoms. The Kier molecular flexibility index (Phi) is 3.84. The zero-order valence-corrected chi connectivity index (χ0v) is 13.3. The van der Waals surface area contributed by atoms with Crippen LogP contribution in [-0.4, -0.2) is 15.0 Å². The molecule has 0 aliphatic carbocycles. The van der Waals surface area contributed by atoms with Gasteiger partial charge in [-0.05, 0) is 35.7 Å². The minimum atomic E-state index is -4.49. The van der Waals surface area contributed by atoms with Gasteiger partial charge in [0.05, 0.1) is 11.7 Å². The van der Waals surface area contributed by atoms with E-state index in [4.69, 9.17) is 4.74 Å². The molecule has 4 rings (SSSR count). The van der Waals surface area contributed by atoms with Gasteiger partial charge < -0.3 is 9.72 Å². The van der Waals surface area contributed by atoms with Gasteiger partial charge in [0.25, 0.3) is 0 Å². The van der Waals surface area contributed by atoms with Crippen molar-refractivity contribution in [3.63, 3.8) is 0 Å². The molecule has 0 aliphatic rings. The number of alkyl halides is 3. The molecule has 0 radical (unpaired) electrons. The molecule has 3 heterocycles. The maximum Gasteiger partial charge on any atom is 0.433 e. The molecule has 0 amide bonds. The van der Waals surface area contributed by atoms with E-state index in [9.17, 15) is 13.2 Å². The van der Waals surface area contributed by atoms with Gasteiger partial charge in [-0.25, -0.2) is 9.97 Å². The number of rotatable bonds is 3. The van der Waals surface area contributed by atoms with Crippen molar-refractivity contribution in [3.8, 4) is 22.8 Å². The second-order valence-corrected chi connectivity index (χ2v) is 5.58. The lowest BCUT2D eigenvalue weighted by atomic mass is 10.0. The number of hydrogen-bond acceptors (Lipinski definition) is 3. The minimum Gasteiger partial charge on any atom is -0.437 e. The zero-order valence-electron chi connectivity index (χ0n) is 13.3. The number of aromatic amines is 1. The molecule has 0 spiro atoms. The van der Waals surface area contributed by atoms with Gasteiger partial charge >= 0.3 is 6.18 Å². The molecule has 1 aromatic carbocycles. The van der Waals surface area contributed by atoms with Crippen molar-refractivity contribution in [1.82, 2.24) is 15.0 Å². The Hall–Kier alpha value is -3.35. The Bertz CT molecular complexity index is 1060. The molecule has 0 aliphatic heterocycles. The van der Waals surface area contributed by atoms with Gasteiger partial charge in [0.15, 0.2) is 0 Å². The van der Waals surface area contributed by atoms with Gasteiger partial charge in [-0.2, -0.15) is 13.2 Å². The third-order valence-corrected chi connectivity index (χ3v) is 3.89. The predicted molar refractivity (Wildman–Crippen MR) is 90.8 cm³/mol. The number of nitrogens with zero attached hydrogens (tertiary/aromatic N) is 2. The van der Waals surface area contributed by atoms with Gasteiger partial charge in [0.2, 0.25) is 5.88 Å². The number of nitrogens with one attached hydrogen (secondary N) is 1. The highest BCUT2D eigenvalue weighted by molar-refractivity contribution is 5.95. The SMILES string of the molecule is FC(F)(F)c1ccc(Oc2ncccc2-c2cccc3cc[nH]c23)cn1. The van der Waals surface area contributed by atoms with Crippen LogP contribution in [0.4, 0.5) is 13.2 Å². The molecule has 4 nitrogen and oxygen atoms in total. The van der Waals surface area contributed by atoms with Crippen LogP contribution >= 0.6 is 0 Å². The summed E-state index contributed by atoms with van der Waals surface area (Å²) in [5, 5.41) is 1.04. The van der Waals surface area contributed by atoms with Crippen LogP contribution in [0.25, 0.3) is 22.0 Å². The van der Waals surface area contributed by atoms with Crippen LogP contribution in [0, 0.1) is 0 Å². The fourth-order valence-electron chi connectivity index (χ4n) is 2.71. The van der Waals surface area contributed by atoms with Crippen molar-refractivity contribution in [1.29, 1.82) is 0 Å². The highest BCUT2D eigenvalue weighted by atomic mass is 19.4. The summed E-state index contributed by atoms with van der Waals surface area (Å²) >= 11 is 0. The second kappa shape index (κ2) is 6.18. The van der Waals surface area contributed by atoms with Crippen LogP contribution in [0.1, 0.15) is 5.69 Å². The van der Waals surface area contributed by atoms with E-state index in [0.29, 0.717) is 0 Å². The van der Waals surface area contributed by atoms with Crippen LogP contribution in [0.15, 0.2) is 67.1 Å². The molecule has 4 aromatic rings. The lowest BCUT2D eigenvalue weighted by Gasteiger charge is -2.11. The summed E-state index contributed by atoms with van der Waals surface area (Å²) < 4.78 is 43.6. The number of pyridine rings is 2. The second-order valence-electron chi connectivity index (χ2n) is 5.58. The largest absolute Gasteiger partial charge is 0.437 e. The molecule has 0 saturated carbocycles. The number of H-pyrrole nitrogens is 1. The third kappa shape index (κ3) is 2.99. The summed E-state index contributed by atoms with van der Waals surface area (Å²) in [6.45, 7) is 0. The normalized spacial score (nSPS) is 11.7. The molecule has 3 aromatic heterocycles. The zero-order chi connectivity index (χ0) is 18.1. The fraction of sp³-hybridized carbons (Fsp3) is 0.0526. The Balaban J connectivity index is 1.72. The maximum atomic E-state index is 12.6. The highest BCUT2D eigenvalue weighted by Crippen LogP contribution is 2.35. The molecule has 130 valence electrons. The first-order valence-electron chi connectivity index (χ1n) is 7.75. The van der Waals surface area contributed by atoms with E-state index < -0.39 is 11.9 Å². The molecule has 0 saturated heterocycles. The number of benzene rings is 1. The summed E-state index contributed by atoms with van der Waals surface area (Å²) in [5.41, 5.74) is 1.56. The smallest absolute Gasteiger partial charge is 0.433 e. The summed E-state index contributed by atoms with van der Waals surface area (Å²) in [7, 11) is 0. The lowest BCUT2D eigenvalue weighted by Crippen LogP contribution is -2.07. The van der Waals surface area contributed by atoms with Gasteiger partial charge in [0, 0.05) is 23.5 Å². The van der Waals surface area contributed by atoms with Crippen molar-refractivity contribution >= 4 is 10.9 Å². The molecule has 0 bridgehead atoms. The third-order valence-electron chi connectivity index (χ3n) is 3.89. The van der Waals surface area contributed by atoms with Gasteiger partial charge in [-0.1, -0.05) is 18.2 Å². The van der Waals surface area contributed by atoms with E-state index in [0.717, 1.165) is 34.3 Å².